The van der Waals surface area contributed by atoms with Gasteiger partial charge in [-0.1, -0.05) is 66.2 Å². The predicted octanol–water partition coefficient (Wildman–Crippen LogP) is 10.0. The van der Waals surface area contributed by atoms with Crippen molar-refractivity contribution in [2.24, 2.45) is 0 Å². The fraction of sp³-hybridized carbons (Fsp3) is 0.136. The van der Waals surface area contributed by atoms with Crippen LogP contribution in [0.1, 0.15) is 38.9 Å². The topological polar surface area (TPSA) is 68.2 Å². The van der Waals surface area contributed by atoms with E-state index in [1.54, 1.807) is 44.0 Å². The van der Waals surface area contributed by atoms with Crippen molar-refractivity contribution in [3.63, 3.8) is 0 Å². The molecule has 2 N–H and O–H groups in total. The Morgan fingerprint density at radius 2 is 0.765 bits per heavy atom. The van der Waals surface area contributed by atoms with Gasteiger partial charge in [0.1, 0.15) is 28.5 Å². The molecule has 0 saturated heterocycles. The molecule has 0 saturated carbocycles. The van der Waals surface area contributed by atoms with Gasteiger partial charge in [-0.15, -0.1) is 0 Å². The average molecular weight is 711 g/mol. The van der Waals surface area contributed by atoms with Crippen LogP contribution in [0.15, 0.2) is 143 Å². The van der Waals surface area contributed by atoms with Gasteiger partial charge < -0.3 is 24.4 Å². The maximum Gasteiger partial charge on any atom is 0.141 e. The van der Waals surface area contributed by atoms with Crippen LogP contribution in [-0.2, 0) is 11.2 Å². The van der Waals surface area contributed by atoms with Crippen LogP contribution < -0.4 is 14.2 Å². The largest absolute Gasteiger partial charge is 0.497 e. The van der Waals surface area contributed by atoms with Gasteiger partial charge in [0.15, 0.2) is 0 Å². The van der Waals surface area contributed by atoms with E-state index in [-0.39, 0.29) is 0 Å². The number of rotatable bonds is 11. The summed E-state index contributed by atoms with van der Waals surface area (Å²) in [5, 5.41) is 35.0. The van der Waals surface area contributed by atoms with Crippen molar-refractivity contribution in [2.75, 3.05) is 21.3 Å². The Morgan fingerprint density at radius 3 is 1.04 bits per heavy atom. The maximum absolute atomic E-state index is 13.4. The third-order valence-corrected chi connectivity index (χ3v) is 11.0. The van der Waals surface area contributed by atoms with E-state index >= 15 is 0 Å². The summed E-state index contributed by atoms with van der Waals surface area (Å²) in [6, 6.07) is 38.9. The Bertz CT molecular complexity index is 2160. The second-order valence-electron chi connectivity index (χ2n) is 12.4. The van der Waals surface area contributed by atoms with Gasteiger partial charge in [-0.3, -0.25) is 0 Å². The minimum absolute atomic E-state index is 0.665. The maximum atomic E-state index is 13.4. The van der Waals surface area contributed by atoms with E-state index in [0.717, 1.165) is 33.4 Å². The number of hydrogen-bond donors (Lipinski definition) is 2. The highest BCUT2D eigenvalue weighted by Crippen LogP contribution is 2.50. The van der Waals surface area contributed by atoms with Crippen LogP contribution in [0, 0.1) is 6.92 Å². The zero-order valence-electron chi connectivity index (χ0n) is 28.8. The number of aliphatic hydroxyl groups is 2. The summed E-state index contributed by atoms with van der Waals surface area (Å²) in [7, 11) is 4.89. The summed E-state index contributed by atoms with van der Waals surface area (Å²) in [6.07, 6.45) is 0. The molecule has 0 amide bonds. The molecule has 0 fully saturated rings. The Hall–Kier alpha value is -5.18. The van der Waals surface area contributed by atoms with E-state index in [1.807, 2.05) is 115 Å². The molecule has 5 aromatic carbocycles. The Morgan fingerprint density at radius 1 is 0.451 bits per heavy atom. The van der Waals surface area contributed by atoms with Crippen molar-refractivity contribution >= 4 is 22.7 Å². The molecule has 0 aliphatic carbocycles. The number of benzene rings is 5. The molecule has 0 aliphatic rings. The molecule has 51 heavy (non-hydrogen) atoms. The Balaban J connectivity index is 1.60. The van der Waals surface area contributed by atoms with Crippen molar-refractivity contribution in [1.82, 2.24) is 0 Å². The lowest BCUT2D eigenvalue weighted by Crippen LogP contribution is -2.32. The third kappa shape index (κ3) is 6.23. The standard InChI is InChI=1S/C44H38O5S2/c1-29-5-7-32(8-6-29)43(45,33-9-15-36(47-2)16-10-33)41-25-40(31-22-24-51-28-31)42(26-39(41)30-21-23-50-27-30)44(46,34-11-17-37(48-3)18-12-34)35-13-19-38(49-4)20-14-35/h5-28,45-46H,1-4H3. The van der Waals surface area contributed by atoms with Crippen molar-refractivity contribution in [3.05, 3.63) is 182 Å². The summed E-state index contributed by atoms with van der Waals surface area (Å²) in [5.74, 6) is 2.07. The molecule has 7 rings (SSSR count). The van der Waals surface area contributed by atoms with E-state index in [0.29, 0.717) is 45.1 Å². The number of ether oxygens (including phenoxy) is 3. The highest BCUT2D eigenvalue weighted by Gasteiger charge is 2.41. The van der Waals surface area contributed by atoms with Crippen LogP contribution in [0.2, 0.25) is 0 Å². The second kappa shape index (κ2) is 14.2. The molecule has 2 aromatic heterocycles. The molecule has 256 valence electrons. The molecule has 0 aliphatic heterocycles. The normalized spacial score (nSPS) is 12.7. The molecular formula is C44H38O5S2. The van der Waals surface area contributed by atoms with Crippen LogP contribution in [0.3, 0.4) is 0 Å². The molecule has 1 atom stereocenters. The minimum Gasteiger partial charge on any atom is -0.497 e. The molecule has 2 heterocycles. The summed E-state index contributed by atoms with van der Waals surface area (Å²) < 4.78 is 16.5. The van der Waals surface area contributed by atoms with Crippen molar-refractivity contribution in [3.8, 4) is 39.5 Å². The van der Waals surface area contributed by atoms with E-state index in [2.05, 4.69) is 35.0 Å². The number of thiophene rings is 2. The van der Waals surface area contributed by atoms with Gasteiger partial charge in [-0.25, -0.2) is 0 Å². The van der Waals surface area contributed by atoms with E-state index in [4.69, 9.17) is 14.2 Å². The quantitative estimate of drug-likeness (QED) is 0.131. The van der Waals surface area contributed by atoms with Crippen LogP contribution in [0.5, 0.6) is 17.2 Å². The van der Waals surface area contributed by atoms with Crippen LogP contribution in [0.25, 0.3) is 22.3 Å². The first kappa shape index (κ1) is 34.3. The van der Waals surface area contributed by atoms with Gasteiger partial charge in [-0.05, 0) is 134 Å². The number of hydrogen-bond acceptors (Lipinski definition) is 7. The first-order valence-corrected chi connectivity index (χ1v) is 18.4. The predicted molar refractivity (Wildman–Crippen MR) is 207 cm³/mol. The van der Waals surface area contributed by atoms with Crippen LogP contribution >= 0.6 is 22.7 Å². The van der Waals surface area contributed by atoms with Gasteiger partial charge >= 0.3 is 0 Å². The molecular weight excluding hydrogens is 673 g/mol. The number of methoxy groups -OCH3 is 3. The molecule has 7 aromatic rings. The zero-order valence-corrected chi connectivity index (χ0v) is 30.4. The highest BCUT2D eigenvalue weighted by atomic mass is 32.1. The van der Waals surface area contributed by atoms with E-state index in [9.17, 15) is 10.2 Å². The van der Waals surface area contributed by atoms with Crippen LogP contribution in [-0.4, -0.2) is 31.5 Å². The van der Waals surface area contributed by atoms with Crippen molar-refractivity contribution < 1.29 is 24.4 Å². The van der Waals surface area contributed by atoms with Gasteiger partial charge in [0.2, 0.25) is 0 Å². The van der Waals surface area contributed by atoms with Crippen molar-refractivity contribution in [1.29, 1.82) is 0 Å². The molecule has 5 nitrogen and oxygen atoms in total. The lowest BCUT2D eigenvalue weighted by molar-refractivity contribution is 0.122. The van der Waals surface area contributed by atoms with E-state index < -0.39 is 11.2 Å². The summed E-state index contributed by atoms with van der Waals surface area (Å²) in [6.45, 7) is 2.04. The van der Waals surface area contributed by atoms with Crippen LogP contribution in [0.4, 0.5) is 0 Å². The lowest BCUT2D eigenvalue weighted by Gasteiger charge is -2.36. The van der Waals surface area contributed by atoms with Gasteiger partial charge in [0, 0.05) is 11.1 Å². The molecule has 1 unspecified atom stereocenters. The first-order valence-electron chi connectivity index (χ1n) is 16.5. The minimum atomic E-state index is -1.62. The molecule has 7 heteroatoms. The third-order valence-electron chi connectivity index (χ3n) is 9.59. The summed E-state index contributed by atoms with van der Waals surface area (Å²) in [5.41, 5.74) is 5.42. The Labute approximate surface area is 306 Å². The monoisotopic (exact) mass is 710 g/mol. The van der Waals surface area contributed by atoms with Gasteiger partial charge in [-0.2, -0.15) is 22.7 Å². The first-order chi connectivity index (χ1) is 24.8. The SMILES string of the molecule is COc1ccc(C(O)(c2ccc(C)cc2)c2cc(-c3ccsc3)c(C(O)(c3ccc(OC)cc3)c3ccc(OC)cc3)cc2-c2ccsc2)cc1. The highest BCUT2D eigenvalue weighted by molar-refractivity contribution is 7.08. The second-order valence-corrected chi connectivity index (χ2v) is 14.0. The average Bonchev–Trinajstić information content (AvgIpc) is 3.93. The summed E-state index contributed by atoms with van der Waals surface area (Å²) in [4.78, 5) is 0. The smallest absolute Gasteiger partial charge is 0.141 e. The Kier molecular flexibility index (Phi) is 9.55. The fourth-order valence-electron chi connectivity index (χ4n) is 6.76. The van der Waals surface area contributed by atoms with Crippen molar-refractivity contribution in [2.45, 2.75) is 18.1 Å². The fourth-order valence-corrected chi connectivity index (χ4v) is 8.07. The summed E-state index contributed by atoms with van der Waals surface area (Å²) >= 11 is 3.16. The molecule has 0 spiro atoms. The molecule has 0 radical (unpaired) electrons. The van der Waals surface area contributed by atoms with Gasteiger partial charge in [0.25, 0.3) is 0 Å². The molecule has 0 bridgehead atoms. The lowest BCUT2D eigenvalue weighted by atomic mass is 9.72. The van der Waals surface area contributed by atoms with E-state index in [1.165, 1.54) is 0 Å². The zero-order chi connectivity index (χ0) is 35.6. The van der Waals surface area contributed by atoms with Gasteiger partial charge in [0.05, 0.1) is 21.3 Å². The number of aryl methyl sites for hydroxylation is 1.